The smallest absolute Gasteiger partial charge is 0.242 e. The molecule has 0 saturated heterocycles. The summed E-state index contributed by atoms with van der Waals surface area (Å²) >= 11 is 0. The average molecular weight is 393 g/mol. The summed E-state index contributed by atoms with van der Waals surface area (Å²) in [6.45, 7) is 2.82. The van der Waals surface area contributed by atoms with Crippen molar-refractivity contribution in [2.75, 3.05) is 25.0 Å². The third kappa shape index (κ3) is 5.60. The molecule has 0 fully saturated rings. The minimum Gasteiger partial charge on any atom is -0.375 e. The van der Waals surface area contributed by atoms with Crippen LogP contribution < -0.4 is 15.5 Å². The second-order valence-corrected chi connectivity index (χ2v) is 7.22. The summed E-state index contributed by atoms with van der Waals surface area (Å²) < 4.78 is 0. The molecule has 1 atom stereocenters. The molecule has 0 aliphatic heterocycles. The first-order valence-electron chi connectivity index (χ1n) is 9.90. The lowest BCUT2D eigenvalue weighted by molar-refractivity contribution is -0.128. The topological polar surface area (TPSA) is 77.2 Å². The standard InChI is InChI=1S/C23H28N4O2/c1-17(28)26-22(15-18-16-25-21-12-7-6-11-20(18)21)23(29)24-13-8-14-27(2)19-9-4-3-5-10-19/h3-7,9-12,16,22,25H,8,13-15H2,1-2H3,(H,24,29)(H,26,28). The van der Waals surface area contributed by atoms with Crippen molar-refractivity contribution in [3.05, 3.63) is 66.4 Å². The van der Waals surface area contributed by atoms with Crippen LogP contribution in [0.2, 0.25) is 0 Å². The van der Waals surface area contributed by atoms with Gasteiger partial charge >= 0.3 is 0 Å². The van der Waals surface area contributed by atoms with Gasteiger partial charge in [-0.15, -0.1) is 0 Å². The fraction of sp³-hybridized carbons (Fsp3) is 0.304. The maximum atomic E-state index is 12.7. The monoisotopic (exact) mass is 392 g/mol. The van der Waals surface area contributed by atoms with Crippen LogP contribution in [-0.2, 0) is 16.0 Å². The quantitative estimate of drug-likeness (QED) is 0.490. The first-order valence-corrected chi connectivity index (χ1v) is 9.90. The molecule has 0 saturated carbocycles. The highest BCUT2D eigenvalue weighted by atomic mass is 16.2. The van der Waals surface area contributed by atoms with E-state index in [4.69, 9.17) is 0 Å². The Bertz CT molecular complexity index is 952. The average Bonchev–Trinajstić information content (AvgIpc) is 3.13. The van der Waals surface area contributed by atoms with Crippen molar-refractivity contribution in [1.29, 1.82) is 0 Å². The summed E-state index contributed by atoms with van der Waals surface area (Å²) in [7, 11) is 2.04. The van der Waals surface area contributed by atoms with E-state index in [0.717, 1.165) is 35.1 Å². The molecule has 1 heterocycles. The number of nitrogens with one attached hydrogen (secondary N) is 3. The Morgan fingerprint density at radius 3 is 2.55 bits per heavy atom. The van der Waals surface area contributed by atoms with Gasteiger partial charge in [-0.2, -0.15) is 0 Å². The second-order valence-electron chi connectivity index (χ2n) is 7.22. The highest BCUT2D eigenvalue weighted by Crippen LogP contribution is 2.19. The molecule has 0 bridgehead atoms. The predicted molar refractivity (Wildman–Crippen MR) is 117 cm³/mol. The number of H-pyrrole nitrogens is 1. The van der Waals surface area contributed by atoms with E-state index in [1.165, 1.54) is 6.92 Å². The van der Waals surface area contributed by atoms with Crippen LogP contribution in [0.15, 0.2) is 60.8 Å². The summed E-state index contributed by atoms with van der Waals surface area (Å²) in [5.74, 6) is -0.373. The Hall–Kier alpha value is -3.28. The fourth-order valence-electron chi connectivity index (χ4n) is 3.44. The molecule has 0 radical (unpaired) electrons. The molecular formula is C23H28N4O2. The number of aromatic amines is 1. The van der Waals surface area contributed by atoms with Crippen LogP contribution in [0.5, 0.6) is 0 Å². The van der Waals surface area contributed by atoms with E-state index in [2.05, 4.69) is 32.7 Å². The number of anilines is 1. The number of aromatic nitrogens is 1. The molecule has 29 heavy (non-hydrogen) atoms. The van der Waals surface area contributed by atoms with Gasteiger partial charge in [-0.3, -0.25) is 9.59 Å². The van der Waals surface area contributed by atoms with Gasteiger partial charge in [-0.25, -0.2) is 0 Å². The molecule has 6 heteroatoms. The fourth-order valence-corrected chi connectivity index (χ4v) is 3.44. The summed E-state index contributed by atoms with van der Waals surface area (Å²) in [6.07, 6.45) is 3.16. The summed E-state index contributed by atoms with van der Waals surface area (Å²) in [5, 5.41) is 6.82. The van der Waals surface area contributed by atoms with E-state index in [9.17, 15) is 9.59 Å². The molecule has 152 valence electrons. The number of rotatable bonds is 9. The van der Waals surface area contributed by atoms with Crippen molar-refractivity contribution in [2.24, 2.45) is 0 Å². The lowest BCUT2D eigenvalue weighted by Gasteiger charge is -2.20. The minimum absolute atomic E-state index is 0.159. The van der Waals surface area contributed by atoms with Crippen LogP contribution >= 0.6 is 0 Å². The SMILES string of the molecule is CC(=O)NC(Cc1c[nH]c2ccccc12)C(=O)NCCCN(C)c1ccccc1. The van der Waals surface area contributed by atoms with Gasteiger partial charge < -0.3 is 20.5 Å². The van der Waals surface area contributed by atoms with Gasteiger partial charge in [0.05, 0.1) is 0 Å². The van der Waals surface area contributed by atoms with Crippen LogP contribution in [0.1, 0.15) is 18.9 Å². The van der Waals surface area contributed by atoms with E-state index in [1.54, 1.807) is 0 Å². The Kier molecular flexibility index (Phi) is 6.89. The Morgan fingerprint density at radius 2 is 1.79 bits per heavy atom. The molecule has 1 unspecified atom stereocenters. The highest BCUT2D eigenvalue weighted by molar-refractivity contribution is 5.89. The van der Waals surface area contributed by atoms with Gasteiger partial charge in [0, 0.05) is 56.3 Å². The minimum atomic E-state index is -0.599. The Morgan fingerprint density at radius 1 is 1.07 bits per heavy atom. The zero-order valence-electron chi connectivity index (χ0n) is 16.9. The molecule has 2 aromatic carbocycles. The van der Waals surface area contributed by atoms with E-state index < -0.39 is 6.04 Å². The lowest BCUT2D eigenvalue weighted by atomic mass is 10.0. The highest BCUT2D eigenvalue weighted by Gasteiger charge is 2.21. The van der Waals surface area contributed by atoms with Gasteiger partial charge in [0.25, 0.3) is 0 Å². The molecule has 1 aromatic heterocycles. The maximum Gasteiger partial charge on any atom is 0.242 e. The number of carbonyl (C=O) groups is 2. The number of benzene rings is 2. The molecule has 6 nitrogen and oxygen atoms in total. The van der Waals surface area contributed by atoms with Crippen LogP contribution in [0.4, 0.5) is 5.69 Å². The lowest BCUT2D eigenvalue weighted by Crippen LogP contribution is -2.47. The van der Waals surface area contributed by atoms with E-state index in [0.29, 0.717) is 13.0 Å². The van der Waals surface area contributed by atoms with Crippen LogP contribution in [-0.4, -0.2) is 43.0 Å². The molecule has 0 spiro atoms. The Labute approximate surface area is 171 Å². The van der Waals surface area contributed by atoms with Gasteiger partial charge in [0.15, 0.2) is 0 Å². The van der Waals surface area contributed by atoms with Crippen LogP contribution in [0.25, 0.3) is 10.9 Å². The molecule has 3 aromatic rings. The van der Waals surface area contributed by atoms with Crippen molar-refractivity contribution in [2.45, 2.75) is 25.8 Å². The number of hydrogen-bond acceptors (Lipinski definition) is 3. The first kappa shape index (κ1) is 20.5. The molecule has 3 rings (SSSR count). The van der Waals surface area contributed by atoms with E-state index >= 15 is 0 Å². The van der Waals surface area contributed by atoms with Crippen molar-refractivity contribution in [3.63, 3.8) is 0 Å². The third-order valence-corrected chi connectivity index (χ3v) is 4.96. The Balaban J connectivity index is 1.54. The first-order chi connectivity index (χ1) is 14.0. The van der Waals surface area contributed by atoms with Crippen molar-refractivity contribution in [1.82, 2.24) is 15.6 Å². The normalized spacial score (nSPS) is 11.8. The summed E-state index contributed by atoms with van der Waals surface area (Å²) in [6, 6.07) is 17.5. The predicted octanol–water partition coefficient (Wildman–Crippen LogP) is 2.86. The van der Waals surface area contributed by atoms with Gasteiger partial charge in [-0.1, -0.05) is 36.4 Å². The maximum absolute atomic E-state index is 12.7. The molecular weight excluding hydrogens is 364 g/mol. The number of nitrogens with zero attached hydrogens (tertiary/aromatic N) is 1. The van der Waals surface area contributed by atoms with Gasteiger partial charge in [-0.05, 0) is 30.2 Å². The van der Waals surface area contributed by atoms with Crippen molar-refractivity contribution >= 4 is 28.4 Å². The number of fused-ring (bicyclic) bond motifs is 1. The molecule has 3 N–H and O–H groups in total. The number of para-hydroxylation sites is 2. The number of carbonyl (C=O) groups excluding carboxylic acids is 2. The second kappa shape index (κ2) is 9.78. The number of hydrogen-bond donors (Lipinski definition) is 3. The van der Waals surface area contributed by atoms with Gasteiger partial charge in [0.2, 0.25) is 11.8 Å². The van der Waals surface area contributed by atoms with E-state index in [1.807, 2.05) is 55.7 Å². The zero-order valence-corrected chi connectivity index (χ0v) is 16.9. The largest absolute Gasteiger partial charge is 0.375 e. The summed E-state index contributed by atoms with van der Waals surface area (Å²) in [4.78, 5) is 29.7. The molecule has 2 amide bonds. The summed E-state index contributed by atoms with van der Waals surface area (Å²) in [5.41, 5.74) is 3.18. The zero-order chi connectivity index (χ0) is 20.6. The number of amides is 2. The van der Waals surface area contributed by atoms with Crippen molar-refractivity contribution < 1.29 is 9.59 Å². The van der Waals surface area contributed by atoms with Gasteiger partial charge in [0.1, 0.15) is 6.04 Å². The molecule has 0 aliphatic carbocycles. The third-order valence-electron chi connectivity index (χ3n) is 4.96. The van der Waals surface area contributed by atoms with Crippen LogP contribution in [0, 0.1) is 0 Å². The molecule has 0 aliphatic rings. The van der Waals surface area contributed by atoms with Crippen LogP contribution in [0.3, 0.4) is 0 Å². The van der Waals surface area contributed by atoms with E-state index in [-0.39, 0.29) is 11.8 Å². The van der Waals surface area contributed by atoms with Crippen molar-refractivity contribution in [3.8, 4) is 0 Å².